The van der Waals surface area contributed by atoms with E-state index in [1.165, 1.54) is 25.7 Å². The molecular weight excluding hydrogens is 422 g/mol. The van der Waals surface area contributed by atoms with Crippen molar-refractivity contribution in [1.82, 2.24) is 0 Å². The standard InChI is InChI=1S/C30H52P2/c1-27(2,3)23-17-18-24(28(4,5)6)31(23)21-15-13-14-16-22(21)32-25(29(7,8)9)19-20-26(32)30(10,11)12/h13-16,23-26H,17-20H2,1-12H3/t23-,24-,25-,26-/m0/s1. The second-order valence-electron chi connectivity index (χ2n) is 15.0. The Balaban J connectivity index is 2.20. The molecule has 2 fully saturated rings. The van der Waals surface area contributed by atoms with Gasteiger partial charge in [0.05, 0.1) is 0 Å². The lowest BCUT2D eigenvalue weighted by molar-refractivity contribution is 0.363. The molecule has 182 valence electrons. The Bertz CT molecular complexity index is 670. The Hall–Kier alpha value is 0.0800. The molecule has 2 heteroatoms. The van der Waals surface area contributed by atoms with Gasteiger partial charge in [-0.2, -0.15) is 0 Å². The molecule has 0 N–H and O–H groups in total. The first-order valence-corrected chi connectivity index (χ1v) is 16.1. The van der Waals surface area contributed by atoms with Gasteiger partial charge in [0, 0.05) is 0 Å². The molecule has 2 aliphatic heterocycles. The van der Waals surface area contributed by atoms with Crippen molar-refractivity contribution in [3.63, 3.8) is 0 Å². The zero-order valence-corrected chi connectivity index (χ0v) is 25.1. The van der Waals surface area contributed by atoms with E-state index in [9.17, 15) is 0 Å². The number of rotatable bonds is 2. The fourth-order valence-electron chi connectivity index (χ4n) is 6.60. The highest BCUT2D eigenvalue weighted by Gasteiger charge is 2.51. The van der Waals surface area contributed by atoms with Gasteiger partial charge in [-0.3, -0.25) is 0 Å². The maximum absolute atomic E-state index is 2.59. The third-order valence-electron chi connectivity index (χ3n) is 8.21. The molecule has 0 spiro atoms. The molecule has 32 heavy (non-hydrogen) atoms. The quantitative estimate of drug-likeness (QED) is 0.375. The average molecular weight is 475 g/mol. The first-order valence-electron chi connectivity index (χ1n) is 13.1. The summed E-state index contributed by atoms with van der Waals surface area (Å²) in [6.45, 7) is 30.1. The zero-order valence-electron chi connectivity index (χ0n) is 23.3. The third kappa shape index (κ3) is 5.33. The summed E-state index contributed by atoms with van der Waals surface area (Å²) in [5, 5.41) is 3.60. The van der Waals surface area contributed by atoms with Crippen LogP contribution in [-0.2, 0) is 0 Å². The van der Waals surface area contributed by atoms with E-state index in [1.807, 2.05) is 0 Å². The van der Waals surface area contributed by atoms with Gasteiger partial charge in [-0.15, -0.1) is 0 Å². The lowest BCUT2D eigenvalue weighted by Crippen LogP contribution is -2.39. The summed E-state index contributed by atoms with van der Waals surface area (Å²) in [5.41, 5.74) is 4.87. The molecule has 0 aliphatic carbocycles. The first-order chi connectivity index (χ1) is 14.4. The van der Waals surface area contributed by atoms with Crippen molar-refractivity contribution < 1.29 is 0 Å². The molecule has 0 bridgehead atoms. The fraction of sp³-hybridized carbons (Fsp3) is 0.800. The van der Waals surface area contributed by atoms with Crippen molar-refractivity contribution in [3.05, 3.63) is 24.3 Å². The molecule has 0 nitrogen and oxygen atoms in total. The highest BCUT2D eigenvalue weighted by Crippen LogP contribution is 2.68. The van der Waals surface area contributed by atoms with Crippen LogP contribution in [0.15, 0.2) is 24.3 Å². The van der Waals surface area contributed by atoms with Crippen LogP contribution in [0.5, 0.6) is 0 Å². The van der Waals surface area contributed by atoms with Gasteiger partial charge >= 0.3 is 0 Å². The minimum absolute atomic E-state index is 0.174. The van der Waals surface area contributed by atoms with Crippen molar-refractivity contribution in [2.75, 3.05) is 0 Å². The molecule has 1 aromatic rings. The number of benzene rings is 1. The topological polar surface area (TPSA) is 0 Å². The van der Waals surface area contributed by atoms with E-state index in [2.05, 4.69) is 107 Å². The Kier molecular flexibility index (Phi) is 7.46. The van der Waals surface area contributed by atoms with Crippen molar-refractivity contribution in [2.24, 2.45) is 21.7 Å². The van der Waals surface area contributed by atoms with Gasteiger partial charge in [0.25, 0.3) is 0 Å². The zero-order chi connectivity index (χ0) is 24.3. The van der Waals surface area contributed by atoms with Crippen LogP contribution in [0.2, 0.25) is 0 Å². The Labute approximate surface area is 203 Å². The normalized spacial score (nSPS) is 29.1. The molecule has 2 heterocycles. The maximum Gasteiger partial charge on any atom is -0.0117 e. The van der Waals surface area contributed by atoms with E-state index in [1.54, 1.807) is 10.6 Å². The average Bonchev–Trinajstić information content (AvgIpc) is 3.25. The van der Waals surface area contributed by atoms with E-state index in [0.717, 1.165) is 22.6 Å². The van der Waals surface area contributed by atoms with E-state index in [-0.39, 0.29) is 15.8 Å². The monoisotopic (exact) mass is 474 g/mol. The summed E-state index contributed by atoms with van der Waals surface area (Å²) >= 11 is 0. The Morgan fingerprint density at radius 1 is 0.469 bits per heavy atom. The van der Waals surface area contributed by atoms with Crippen molar-refractivity contribution in [2.45, 2.75) is 131 Å². The maximum atomic E-state index is 2.59. The van der Waals surface area contributed by atoms with Crippen LogP contribution in [0.4, 0.5) is 0 Å². The summed E-state index contributed by atoms with van der Waals surface area (Å²) in [7, 11) is -0.347. The molecule has 0 radical (unpaired) electrons. The van der Waals surface area contributed by atoms with Crippen LogP contribution in [0.25, 0.3) is 0 Å². The van der Waals surface area contributed by atoms with Crippen LogP contribution in [0, 0.1) is 21.7 Å². The molecule has 0 amide bonds. The van der Waals surface area contributed by atoms with E-state index in [4.69, 9.17) is 0 Å². The summed E-state index contributed by atoms with van der Waals surface area (Å²) in [4.78, 5) is 0. The predicted octanol–water partition coefficient (Wildman–Crippen LogP) is 9.15. The molecule has 0 unspecified atom stereocenters. The second kappa shape index (κ2) is 8.94. The van der Waals surface area contributed by atoms with E-state index < -0.39 is 0 Å². The number of hydrogen-bond acceptors (Lipinski definition) is 0. The SMILES string of the molecule is CC(C)(C)[C@@H]1CC[C@@H](C(C)(C)C)P1c1ccccc1P1[C@H](C(C)(C)C)CC[C@H]1C(C)(C)C. The van der Waals surface area contributed by atoms with Crippen molar-refractivity contribution in [3.8, 4) is 0 Å². The summed E-state index contributed by atoms with van der Waals surface area (Å²) in [6, 6.07) is 9.90. The number of hydrogen-bond donors (Lipinski definition) is 0. The Morgan fingerprint density at radius 2 is 0.688 bits per heavy atom. The summed E-state index contributed by atoms with van der Waals surface area (Å²) < 4.78 is 0. The van der Waals surface area contributed by atoms with Gasteiger partial charge in [-0.1, -0.05) is 123 Å². The van der Waals surface area contributed by atoms with Crippen LogP contribution in [0.3, 0.4) is 0 Å². The van der Waals surface area contributed by atoms with Gasteiger partial charge in [0.2, 0.25) is 0 Å². The van der Waals surface area contributed by atoms with Crippen LogP contribution < -0.4 is 10.6 Å². The van der Waals surface area contributed by atoms with Gasteiger partial charge in [0.1, 0.15) is 0 Å². The highest BCUT2D eigenvalue weighted by atomic mass is 31.1. The molecule has 1 aromatic carbocycles. The van der Waals surface area contributed by atoms with Gasteiger partial charge in [0.15, 0.2) is 0 Å². The van der Waals surface area contributed by atoms with Crippen molar-refractivity contribution >= 4 is 26.5 Å². The molecule has 4 atom stereocenters. The lowest BCUT2D eigenvalue weighted by Gasteiger charge is -2.44. The third-order valence-corrected chi connectivity index (χ3v) is 17.1. The largest absolute Gasteiger partial charge is 0.0672 e. The fourth-order valence-corrected chi connectivity index (χ4v) is 15.7. The lowest BCUT2D eigenvalue weighted by atomic mass is 9.85. The molecular formula is C30H52P2. The first kappa shape index (κ1) is 26.7. The van der Waals surface area contributed by atoms with Gasteiger partial charge in [-0.05, 0) is 80.6 Å². The van der Waals surface area contributed by atoms with Crippen LogP contribution >= 0.6 is 15.8 Å². The van der Waals surface area contributed by atoms with Crippen LogP contribution in [-0.4, -0.2) is 22.6 Å². The second-order valence-corrected chi connectivity index (χ2v) is 20.1. The van der Waals surface area contributed by atoms with E-state index in [0.29, 0.717) is 21.7 Å². The Morgan fingerprint density at radius 3 is 0.875 bits per heavy atom. The predicted molar refractivity (Wildman–Crippen MR) is 151 cm³/mol. The highest BCUT2D eigenvalue weighted by molar-refractivity contribution is 7.73. The minimum Gasteiger partial charge on any atom is -0.0672 e. The summed E-state index contributed by atoms with van der Waals surface area (Å²) in [6.07, 6.45) is 5.65. The molecule has 0 saturated carbocycles. The van der Waals surface area contributed by atoms with Crippen LogP contribution in [0.1, 0.15) is 109 Å². The minimum atomic E-state index is -0.174. The van der Waals surface area contributed by atoms with Gasteiger partial charge in [-0.25, -0.2) is 0 Å². The molecule has 2 saturated heterocycles. The molecule has 2 aliphatic rings. The molecule has 3 rings (SSSR count). The summed E-state index contributed by atoms with van der Waals surface area (Å²) in [5.74, 6) is 0. The van der Waals surface area contributed by atoms with Gasteiger partial charge < -0.3 is 0 Å². The molecule has 0 aromatic heterocycles. The van der Waals surface area contributed by atoms with E-state index >= 15 is 0 Å². The van der Waals surface area contributed by atoms with Crippen molar-refractivity contribution in [1.29, 1.82) is 0 Å². The smallest absolute Gasteiger partial charge is 0.0117 e.